The van der Waals surface area contributed by atoms with Crippen molar-refractivity contribution in [3.05, 3.63) is 57.8 Å². The van der Waals surface area contributed by atoms with Crippen molar-refractivity contribution in [2.75, 3.05) is 5.32 Å². The number of carbonyl (C=O) groups is 1. The zero-order valence-electron chi connectivity index (χ0n) is 10.8. The highest BCUT2D eigenvalue weighted by Crippen LogP contribution is 2.35. The molecule has 0 aliphatic heterocycles. The summed E-state index contributed by atoms with van der Waals surface area (Å²) < 4.78 is 38.3. The molecule has 1 heterocycles. The molecule has 110 valence electrons. The first kappa shape index (κ1) is 15.5. The third-order valence-electron chi connectivity index (χ3n) is 2.70. The van der Waals surface area contributed by atoms with Crippen LogP contribution in [0.1, 0.15) is 21.6 Å². The number of benzene rings is 1. The number of halogens is 4. The number of aryl methyl sites for hydroxylation is 1. The highest BCUT2D eigenvalue weighted by atomic mass is 79.9. The van der Waals surface area contributed by atoms with Gasteiger partial charge in [0.05, 0.1) is 17.4 Å². The lowest BCUT2D eigenvalue weighted by Crippen LogP contribution is -2.14. The Morgan fingerprint density at radius 2 is 1.95 bits per heavy atom. The van der Waals surface area contributed by atoms with E-state index in [4.69, 9.17) is 0 Å². The molecular formula is C14H10BrF3N2O. The van der Waals surface area contributed by atoms with Gasteiger partial charge in [-0.1, -0.05) is 15.9 Å². The molecule has 0 atom stereocenters. The van der Waals surface area contributed by atoms with E-state index in [9.17, 15) is 18.0 Å². The average Bonchev–Trinajstić information content (AvgIpc) is 2.40. The Hall–Kier alpha value is -1.89. The van der Waals surface area contributed by atoms with Crippen LogP contribution in [-0.4, -0.2) is 10.9 Å². The lowest BCUT2D eigenvalue weighted by Gasteiger charge is -2.11. The second kappa shape index (κ2) is 5.85. The fraction of sp³-hybridized carbons (Fsp3) is 0.143. The molecule has 0 bridgehead atoms. The van der Waals surface area contributed by atoms with Crippen LogP contribution in [0.15, 0.2) is 41.0 Å². The first-order valence-corrected chi connectivity index (χ1v) is 6.67. The van der Waals surface area contributed by atoms with Crippen molar-refractivity contribution >= 4 is 27.5 Å². The zero-order valence-corrected chi connectivity index (χ0v) is 12.4. The number of alkyl halides is 3. The molecule has 1 N–H and O–H groups in total. The number of amides is 1. The summed E-state index contributed by atoms with van der Waals surface area (Å²) in [4.78, 5) is 16.0. The van der Waals surface area contributed by atoms with Gasteiger partial charge in [-0.05, 0) is 37.3 Å². The second-order valence-electron chi connectivity index (χ2n) is 4.33. The van der Waals surface area contributed by atoms with E-state index in [1.54, 1.807) is 19.1 Å². The summed E-state index contributed by atoms with van der Waals surface area (Å²) in [6, 6.07) is 6.64. The van der Waals surface area contributed by atoms with Gasteiger partial charge < -0.3 is 5.32 Å². The number of nitrogens with zero attached hydrogens (tertiary/aromatic N) is 1. The molecule has 0 unspecified atom stereocenters. The number of nitrogens with one attached hydrogen (secondary N) is 1. The maximum atomic E-state index is 12.8. The summed E-state index contributed by atoms with van der Waals surface area (Å²) >= 11 is 2.83. The minimum absolute atomic E-state index is 0.0777. The summed E-state index contributed by atoms with van der Waals surface area (Å²) in [6.45, 7) is 1.79. The molecule has 3 nitrogen and oxygen atoms in total. The van der Waals surface area contributed by atoms with E-state index in [0.717, 1.165) is 11.8 Å². The smallest absolute Gasteiger partial charge is 0.321 e. The predicted octanol–water partition coefficient (Wildman–Crippen LogP) is 4.42. The molecule has 21 heavy (non-hydrogen) atoms. The molecule has 0 saturated heterocycles. The number of hydrogen-bond acceptors (Lipinski definition) is 2. The summed E-state index contributed by atoms with van der Waals surface area (Å²) in [7, 11) is 0. The van der Waals surface area contributed by atoms with Gasteiger partial charge in [-0.3, -0.25) is 9.78 Å². The van der Waals surface area contributed by atoms with E-state index >= 15 is 0 Å². The van der Waals surface area contributed by atoms with Crippen LogP contribution in [0.2, 0.25) is 0 Å². The summed E-state index contributed by atoms with van der Waals surface area (Å²) in [6.07, 6.45) is -3.09. The number of hydrogen-bond donors (Lipinski definition) is 1. The minimum atomic E-state index is -4.53. The van der Waals surface area contributed by atoms with E-state index in [1.807, 2.05) is 0 Å². The van der Waals surface area contributed by atoms with Crippen LogP contribution in [0.3, 0.4) is 0 Å². The number of carbonyl (C=O) groups excluding carboxylic acids is 1. The lowest BCUT2D eigenvalue weighted by atomic mass is 10.1. The number of aromatic nitrogens is 1. The number of pyridine rings is 1. The molecule has 0 radical (unpaired) electrons. The minimum Gasteiger partial charge on any atom is -0.321 e. The van der Waals surface area contributed by atoms with Crippen molar-refractivity contribution < 1.29 is 18.0 Å². The van der Waals surface area contributed by atoms with Gasteiger partial charge in [-0.15, -0.1) is 0 Å². The van der Waals surface area contributed by atoms with Crippen LogP contribution in [-0.2, 0) is 6.18 Å². The zero-order chi connectivity index (χ0) is 15.6. The third kappa shape index (κ3) is 3.81. The quantitative estimate of drug-likeness (QED) is 0.862. The van der Waals surface area contributed by atoms with Crippen molar-refractivity contribution in [1.82, 2.24) is 4.98 Å². The Balaban J connectivity index is 2.25. The maximum Gasteiger partial charge on any atom is 0.417 e. The van der Waals surface area contributed by atoms with Gasteiger partial charge in [-0.25, -0.2) is 0 Å². The summed E-state index contributed by atoms with van der Waals surface area (Å²) in [5.74, 6) is -0.626. The highest BCUT2D eigenvalue weighted by molar-refractivity contribution is 9.10. The Kier molecular flexibility index (Phi) is 4.32. The first-order valence-electron chi connectivity index (χ1n) is 5.88. The first-order chi connectivity index (χ1) is 9.77. The van der Waals surface area contributed by atoms with Crippen LogP contribution >= 0.6 is 15.9 Å². The second-order valence-corrected chi connectivity index (χ2v) is 5.19. The highest BCUT2D eigenvalue weighted by Gasteiger charge is 2.33. The van der Waals surface area contributed by atoms with Crippen molar-refractivity contribution in [2.45, 2.75) is 13.1 Å². The van der Waals surface area contributed by atoms with Gasteiger partial charge in [0.25, 0.3) is 5.91 Å². The maximum absolute atomic E-state index is 12.8. The Morgan fingerprint density at radius 1 is 1.24 bits per heavy atom. The van der Waals surface area contributed by atoms with Crippen molar-refractivity contribution in [2.24, 2.45) is 0 Å². The molecule has 1 amide bonds. The van der Waals surface area contributed by atoms with E-state index in [-0.39, 0.29) is 10.0 Å². The Morgan fingerprint density at radius 3 is 2.52 bits per heavy atom. The van der Waals surface area contributed by atoms with Gasteiger partial charge in [0, 0.05) is 15.7 Å². The molecular weight excluding hydrogens is 349 g/mol. The lowest BCUT2D eigenvalue weighted by molar-refractivity contribution is -0.138. The van der Waals surface area contributed by atoms with E-state index < -0.39 is 17.6 Å². The summed E-state index contributed by atoms with van der Waals surface area (Å²) in [5.41, 5.74) is 0.223. The van der Waals surface area contributed by atoms with Gasteiger partial charge in [0.15, 0.2) is 0 Å². The van der Waals surface area contributed by atoms with Gasteiger partial charge in [0.2, 0.25) is 0 Å². The van der Waals surface area contributed by atoms with Crippen molar-refractivity contribution in [1.29, 1.82) is 0 Å². The largest absolute Gasteiger partial charge is 0.417 e. The van der Waals surface area contributed by atoms with Crippen LogP contribution in [0, 0.1) is 6.92 Å². The van der Waals surface area contributed by atoms with Gasteiger partial charge in [0.1, 0.15) is 0 Å². The van der Waals surface area contributed by atoms with E-state index in [0.29, 0.717) is 5.69 Å². The van der Waals surface area contributed by atoms with Crippen molar-refractivity contribution in [3.8, 4) is 0 Å². The molecule has 2 aromatic rings. The molecule has 0 aliphatic rings. The molecule has 2 rings (SSSR count). The molecule has 0 fully saturated rings. The van der Waals surface area contributed by atoms with Crippen molar-refractivity contribution in [3.63, 3.8) is 0 Å². The van der Waals surface area contributed by atoms with E-state index in [2.05, 4.69) is 26.2 Å². The SMILES string of the molecule is Cc1ccc(NC(=O)c2ccc(Br)c(C(F)(F)F)c2)cn1. The normalized spacial score (nSPS) is 11.3. The van der Waals surface area contributed by atoms with Crippen LogP contribution in [0.4, 0.5) is 18.9 Å². The standard InChI is InChI=1S/C14H10BrF3N2O/c1-8-2-4-10(7-19-8)20-13(21)9-3-5-12(15)11(6-9)14(16,17)18/h2-7H,1H3,(H,20,21). The molecule has 0 saturated carbocycles. The Bertz CT molecular complexity index is 669. The molecule has 1 aromatic carbocycles. The van der Waals surface area contributed by atoms with Crippen LogP contribution in [0.5, 0.6) is 0 Å². The molecule has 1 aromatic heterocycles. The number of rotatable bonds is 2. The fourth-order valence-corrected chi connectivity index (χ4v) is 2.10. The Labute approximate surface area is 127 Å². The third-order valence-corrected chi connectivity index (χ3v) is 3.39. The number of anilines is 1. The van der Waals surface area contributed by atoms with Gasteiger partial charge in [-0.2, -0.15) is 13.2 Å². The monoisotopic (exact) mass is 358 g/mol. The molecule has 0 spiro atoms. The molecule has 7 heteroatoms. The van der Waals surface area contributed by atoms with Gasteiger partial charge >= 0.3 is 6.18 Å². The molecule has 0 aliphatic carbocycles. The van der Waals surface area contributed by atoms with Crippen LogP contribution < -0.4 is 5.32 Å². The van der Waals surface area contributed by atoms with Crippen LogP contribution in [0.25, 0.3) is 0 Å². The predicted molar refractivity (Wildman–Crippen MR) is 76.1 cm³/mol. The summed E-state index contributed by atoms with van der Waals surface area (Å²) in [5, 5.41) is 2.50. The topological polar surface area (TPSA) is 42.0 Å². The fourth-order valence-electron chi connectivity index (χ4n) is 1.63. The average molecular weight is 359 g/mol. The van der Waals surface area contributed by atoms with E-state index in [1.165, 1.54) is 18.3 Å².